The second-order valence-electron chi connectivity index (χ2n) is 4.62. The molecule has 0 atom stereocenters. The van der Waals surface area contributed by atoms with Gasteiger partial charge < -0.3 is 15.2 Å². The van der Waals surface area contributed by atoms with Crippen LogP contribution in [0.1, 0.15) is 17.5 Å². The first-order valence-electron chi connectivity index (χ1n) is 6.24. The van der Waals surface area contributed by atoms with Gasteiger partial charge in [-0.15, -0.1) is 0 Å². The second-order valence-corrected chi connectivity index (χ2v) is 5.67. The molecule has 0 aromatic heterocycles. The van der Waals surface area contributed by atoms with Crippen molar-refractivity contribution in [2.45, 2.75) is 19.6 Å². The fourth-order valence-electron chi connectivity index (χ4n) is 2.31. The van der Waals surface area contributed by atoms with E-state index in [0.29, 0.717) is 30.2 Å². The van der Waals surface area contributed by atoms with Gasteiger partial charge in [-0.2, -0.15) is 0 Å². The lowest BCUT2D eigenvalue weighted by Gasteiger charge is -2.27. The summed E-state index contributed by atoms with van der Waals surface area (Å²) in [5.41, 5.74) is 8.01. The van der Waals surface area contributed by atoms with Crippen LogP contribution in [0.15, 0.2) is 12.1 Å². The molecule has 0 saturated carbocycles. The van der Waals surface area contributed by atoms with Gasteiger partial charge in [0.15, 0.2) is 6.79 Å². The standard InChI is InChI=1S/C13H14N2O4S/c14-10-3-8(12-9(4-10)6-18-7-19-12)5-15-11(16)1-2-20-13(15)17/h3-4H,1-2,5-7,14H2. The van der Waals surface area contributed by atoms with Gasteiger partial charge in [-0.05, 0) is 12.1 Å². The summed E-state index contributed by atoms with van der Waals surface area (Å²) in [6.45, 7) is 0.780. The normalized spacial score (nSPS) is 18.7. The van der Waals surface area contributed by atoms with Gasteiger partial charge in [0.1, 0.15) is 5.75 Å². The molecule has 1 fully saturated rings. The van der Waals surface area contributed by atoms with Crippen LogP contribution in [0.5, 0.6) is 5.75 Å². The zero-order valence-corrected chi connectivity index (χ0v) is 11.6. The summed E-state index contributed by atoms with van der Waals surface area (Å²) in [6.07, 6.45) is 0.380. The van der Waals surface area contributed by atoms with Crippen LogP contribution < -0.4 is 10.5 Å². The smallest absolute Gasteiger partial charge is 0.288 e. The fraction of sp³-hybridized carbons (Fsp3) is 0.385. The van der Waals surface area contributed by atoms with Crippen molar-refractivity contribution in [3.8, 4) is 5.75 Å². The predicted molar refractivity (Wildman–Crippen MR) is 74.2 cm³/mol. The number of nitrogens with two attached hydrogens (primary N) is 1. The molecule has 0 spiro atoms. The molecule has 20 heavy (non-hydrogen) atoms. The third kappa shape index (κ3) is 2.46. The number of ether oxygens (including phenoxy) is 2. The molecule has 2 N–H and O–H groups in total. The Balaban J connectivity index is 1.92. The zero-order chi connectivity index (χ0) is 14.1. The number of carbonyl (C=O) groups is 2. The summed E-state index contributed by atoms with van der Waals surface area (Å²) < 4.78 is 10.7. The lowest BCUT2D eigenvalue weighted by atomic mass is 10.1. The molecular weight excluding hydrogens is 280 g/mol. The first-order valence-corrected chi connectivity index (χ1v) is 7.22. The molecule has 0 unspecified atom stereocenters. The molecule has 7 heteroatoms. The van der Waals surface area contributed by atoms with Crippen LogP contribution in [0, 0.1) is 0 Å². The number of hydrogen-bond donors (Lipinski definition) is 1. The average molecular weight is 294 g/mol. The third-order valence-corrected chi connectivity index (χ3v) is 4.08. The van der Waals surface area contributed by atoms with E-state index in [0.717, 1.165) is 22.9 Å². The van der Waals surface area contributed by atoms with E-state index >= 15 is 0 Å². The number of benzene rings is 1. The SMILES string of the molecule is Nc1cc2c(c(CN3C(=O)CCSC3=O)c1)OCOC2. The number of hydrogen-bond acceptors (Lipinski definition) is 6. The van der Waals surface area contributed by atoms with Gasteiger partial charge in [0.05, 0.1) is 13.2 Å². The van der Waals surface area contributed by atoms with Gasteiger partial charge >= 0.3 is 0 Å². The van der Waals surface area contributed by atoms with Crippen LogP contribution in [-0.2, 0) is 22.7 Å². The molecule has 0 aliphatic carbocycles. The number of anilines is 1. The Morgan fingerprint density at radius 1 is 1.35 bits per heavy atom. The molecule has 0 bridgehead atoms. The van der Waals surface area contributed by atoms with Crippen molar-refractivity contribution in [2.24, 2.45) is 0 Å². The Kier molecular flexibility index (Phi) is 3.54. The maximum Gasteiger partial charge on any atom is 0.288 e. The van der Waals surface area contributed by atoms with Gasteiger partial charge in [0.25, 0.3) is 5.24 Å². The van der Waals surface area contributed by atoms with Crippen LogP contribution in [0.25, 0.3) is 0 Å². The van der Waals surface area contributed by atoms with Crippen molar-refractivity contribution in [1.29, 1.82) is 0 Å². The van der Waals surface area contributed by atoms with E-state index in [9.17, 15) is 9.59 Å². The average Bonchev–Trinajstić information content (AvgIpc) is 2.42. The molecular formula is C13H14N2O4S. The van der Waals surface area contributed by atoms with Crippen molar-refractivity contribution < 1.29 is 19.1 Å². The van der Waals surface area contributed by atoms with E-state index in [2.05, 4.69) is 0 Å². The molecule has 1 saturated heterocycles. The maximum absolute atomic E-state index is 11.9. The van der Waals surface area contributed by atoms with Crippen molar-refractivity contribution in [1.82, 2.24) is 4.90 Å². The summed E-state index contributed by atoms with van der Waals surface area (Å²) in [7, 11) is 0. The predicted octanol–water partition coefficient (Wildman–Crippen LogP) is 1.72. The Morgan fingerprint density at radius 2 is 2.20 bits per heavy atom. The minimum atomic E-state index is -0.218. The minimum absolute atomic E-state index is 0.156. The zero-order valence-electron chi connectivity index (χ0n) is 10.8. The maximum atomic E-state index is 11.9. The molecule has 2 amide bonds. The Morgan fingerprint density at radius 3 is 3.00 bits per heavy atom. The van der Waals surface area contributed by atoms with Crippen molar-refractivity contribution in [3.05, 3.63) is 23.3 Å². The van der Waals surface area contributed by atoms with Gasteiger partial charge in [-0.25, -0.2) is 0 Å². The lowest BCUT2D eigenvalue weighted by Crippen LogP contribution is -2.37. The summed E-state index contributed by atoms with van der Waals surface area (Å²) in [6, 6.07) is 3.52. The fourth-order valence-corrected chi connectivity index (χ4v) is 3.08. The van der Waals surface area contributed by atoms with E-state index in [-0.39, 0.29) is 24.5 Å². The molecule has 0 radical (unpaired) electrons. The van der Waals surface area contributed by atoms with Crippen LogP contribution in [0.3, 0.4) is 0 Å². The molecule has 2 aliphatic rings. The van der Waals surface area contributed by atoms with E-state index in [4.69, 9.17) is 15.2 Å². The molecule has 1 aromatic carbocycles. The third-order valence-electron chi connectivity index (χ3n) is 3.20. The largest absolute Gasteiger partial charge is 0.467 e. The van der Waals surface area contributed by atoms with Crippen LogP contribution >= 0.6 is 11.8 Å². The number of imide groups is 1. The molecule has 106 valence electrons. The number of nitrogen functional groups attached to an aromatic ring is 1. The lowest BCUT2D eigenvalue weighted by molar-refractivity contribution is -0.128. The monoisotopic (exact) mass is 294 g/mol. The highest BCUT2D eigenvalue weighted by Crippen LogP contribution is 2.33. The highest BCUT2D eigenvalue weighted by molar-refractivity contribution is 8.13. The quantitative estimate of drug-likeness (QED) is 0.836. The number of nitrogens with zero attached hydrogens (tertiary/aromatic N) is 1. The number of thioether (sulfide) groups is 1. The summed E-state index contributed by atoms with van der Waals surface area (Å²) in [5, 5.41) is -0.218. The first-order chi connectivity index (χ1) is 9.65. The molecule has 3 rings (SSSR count). The highest BCUT2D eigenvalue weighted by atomic mass is 32.2. The second kappa shape index (κ2) is 5.34. The molecule has 1 aromatic rings. The Hall–Kier alpha value is -1.73. The van der Waals surface area contributed by atoms with E-state index in [1.54, 1.807) is 12.1 Å². The summed E-state index contributed by atoms with van der Waals surface area (Å²) >= 11 is 1.16. The molecule has 6 nitrogen and oxygen atoms in total. The summed E-state index contributed by atoms with van der Waals surface area (Å²) in [5.74, 6) is 1.06. The first kappa shape index (κ1) is 13.3. The van der Waals surface area contributed by atoms with Gasteiger partial charge in [-0.3, -0.25) is 14.5 Å². The van der Waals surface area contributed by atoms with Crippen molar-refractivity contribution in [2.75, 3.05) is 18.3 Å². The summed E-state index contributed by atoms with van der Waals surface area (Å²) in [4.78, 5) is 24.9. The number of rotatable bonds is 2. The minimum Gasteiger partial charge on any atom is -0.467 e. The van der Waals surface area contributed by atoms with E-state index in [1.807, 2.05) is 0 Å². The topological polar surface area (TPSA) is 81.9 Å². The van der Waals surface area contributed by atoms with Gasteiger partial charge in [-0.1, -0.05) is 11.8 Å². The Labute approximate surface area is 120 Å². The van der Waals surface area contributed by atoms with Crippen molar-refractivity contribution in [3.63, 3.8) is 0 Å². The van der Waals surface area contributed by atoms with Crippen LogP contribution in [-0.4, -0.2) is 28.6 Å². The van der Waals surface area contributed by atoms with Gasteiger partial charge in [0.2, 0.25) is 5.91 Å². The van der Waals surface area contributed by atoms with Crippen LogP contribution in [0.2, 0.25) is 0 Å². The van der Waals surface area contributed by atoms with E-state index in [1.165, 1.54) is 4.90 Å². The van der Waals surface area contributed by atoms with Crippen molar-refractivity contribution >= 4 is 28.6 Å². The molecule has 2 aliphatic heterocycles. The highest BCUT2D eigenvalue weighted by Gasteiger charge is 2.28. The Bertz CT molecular complexity index is 560. The van der Waals surface area contributed by atoms with Crippen LogP contribution in [0.4, 0.5) is 10.5 Å². The number of fused-ring (bicyclic) bond motifs is 1. The molecule has 2 heterocycles. The number of amides is 2. The van der Waals surface area contributed by atoms with E-state index < -0.39 is 0 Å². The van der Waals surface area contributed by atoms with Gasteiger partial charge in [0, 0.05) is 29.0 Å². The number of carbonyl (C=O) groups excluding carboxylic acids is 2.